The standard InChI is InChI=1S/C13H22N4O/c1-4-10(2)15-13(17-14-3)16-12-7-5-11(9-18)6-8-12/h5-8,10,14,18H,4,9H2,1-3H3,(H2,15,16,17). The van der Waals surface area contributed by atoms with E-state index >= 15 is 0 Å². The maximum absolute atomic E-state index is 8.98. The summed E-state index contributed by atoms with van der Waals surface area (Å²) >= 11 is 0. The minimum Gasteiger partial charge on any atom is -0.392 e. The Hall–Kier alpha value is -1.75. The van der Waals surface area contributed by atoms with Gasteiger partial charge in [0.05, 0.1) is 6.61 Å². The van der Waals surface area contributed by atoms with E-state index in [9.17, 15) is 0 Å². The molecule has 0 heterocycles. The van der Waals surface area contributed by atoms with Gasteiger partial charge in [0.2, 0.25) is 5.96 Å². The Bertz CT molecular complexity index is 375. The molecule has 0 radical (unpaired) electrons. The number of nitrogens with one attached hydrogen (secondary N) is 3. The summed E-state index contributed by atoms with van der Waals surface area (Å²) in [6.07, 6.45) is 1.02. The molecule has 5 heteroatoms. The molecule has 1 unspecified atom stereocenters. The highest BCUT2D eigenvalue weighted by molar-refractivity contribution is 5.93. The van der Waals surface area contributed by atoms with Gasteiger partial charge in [-0.25, -0.2) is 0 Å². The average Bonchev–Trinajstić information content (AvgIpc) is 2.39. The fourth-order valence-corrected chi connectivity index (χ4v) is 1.37. The molecule has 100 valence electrons. The maximum atomic E-state index is 8.98. The molecular weight excluding hydrogens is 228 g/mol. The number of benzene rings is 1. The van der Waals surface area contributed by atoms with Crippen molar-refractivity contribution in [3.8, 4) is 0 Å². The Balaban J connectivity index is 2.67. The fourth-order valence-electron chi connectivity index (χ4n) is 1.37. The zero-order chi connectivity index (χ0) is 13.4. The Labute approximate surface area is 108 Å². The van der Waals surface area contributed by atoms with Crippen molar-refractivity contribution in [3.05, 3.63) is 29.8 Å². The van der Waals surface area contributed by atoms with Gasteiger partial charge in [-0.05, 0) is 31.0 Å². The van der Waals surface area contributed by atoms with E-state index in [1.165, 1.54) is 0 Å². The molecule has 1 aromatic rings. The minimum absolute atomic E-state index is 0.0584. The normalized spacial score (nSPS) is 13.0. The van der Waals surface area contributed by atoms with Gasteiger partial charge in [-0.2, -0.15) is 0 Å². The summed E-state index contributed by atoms with van der Waals surface area (Å²) < 4.78 is 0. The molecule has 0 aliphatic carbocycles. The van der Waals surface area contributed by atoms with Gasteiger partial charge in [0.15, 0.2) is 0 Å². The smallest absolute Gasteiger partial charge is 0.218 e. The summed E-state index contributed by atoms with van der Waals surface area (Å²) in [5, 5.41) is 19.6. The number of nitrogens with zero attached hydrogens (tertiary/aromatic N) is 1. The van der Waals surface area contributed by atoms with Crippen LogP contribution in [-0.2, 0) is 6.61 Å². The van der Waals surface area contributed by atoms with Crippen LogP contribution in [0.2, 0.25) is 0 Å². The third-order valence-electron chi connectivity index (χ3n) is 2.62. The number of guanidine groups is 1. The Morgan fingerprint density at radius 1 is 1.33 bits per heavy atom. The van der Waals surface area contributed by atoms with E-state index in [0.717, 1.165) is 17.7 Å². The summed E-state index contributed by atoms with van der Waals surface area (Å²) in [4.78, 5) is 0. The quantitative estimate of drug-likeness (QED) is 0.363. The number of hydrazone groups is 1. The van der Waals surface area contributed by atoms with Gasteiger partial charge in [0.1, 0.15) is 0 Å². The molecule has 0 bridgehead atoms. The first-order chi connectivity index (χ1) is 8.69. The Kier molecular flexibility index (Phi) is 6.00. The summed E-state index contributed by atoms with van der Waals surface area (Å²) in [5.74, 6) is 0.684. The van der Waals surface area contributed by atoms with Crippen molar-refractivity contribution in [2.75, 3.05) is 12.4 Å². The van der Waals surface area contributed by atoms with E-state index in [1.54, 1.807) is 7.05 Å². The highest BCUT2D eigenvalue weighted by Gasteiger charge is 2.04. The van der Waals surface area contributed by atoms with Crippen LogP contribution in [0, 0.1) is 0 Å². The monoisotopic (exact) mass is 250 g/mol. The molecule has 5 nitrogen and oxygen atoms in total. The molecular formula is C13H22N4O. The van der Waals surface area contributed by atoms with Crippen molar-refractivity contribution in [1.82, 2.24) is 10.7 Å². The molecule has 18 heavy (non-hydrogen) atoms. The fraction of sp³-hybridized carbons (Fsp3) is 0.462. The van der Waals surface area contributed by atoms with Crippen LogP contribution in [0.25, 0.3) is 0 Å². The predicted molar refractivity (Wildman–Crippen MR) is 75.4 cm³/mol. The van der Waals surface area contributed by atoms with Gasteiger partial charge in [-0.3, -0.25) is 0 Å². The van der Waals surface area contributed by atoms with E-state index in [0.29, 0.717) is 12.0 Å². The van der Waals surface area contributed by atoms with E-state index in [2.05, 4.69) is 35.0 Å². The van der Waals surface area contributed by atoms with Crippen molar-refractivity contribution in [2.45, 2.75) is 32.9 Å². The van der Waals surface area contributed by atoms with E-state index in [4.69, 9.17) is 5.11 Å². The second kappa shape index (κ2) is 7.55. The topological polar surface area (TPSA) is 68.7 Å². The molecule has 0 aliphatic heterocycles. The van der Waals surface area contributed by atoms with Gasteiger partial charge in [-0.1, -0.05) is 19.1 Å². The van der Waals surface area contributed by atoms with Crippen molar-refractivity contribution < 1.29 is 5.11 Å². The Morgan fingerprint density at radius 3 is 2.50 bits per heavy atom. The number of hydrogen-bond donors (Lipinski definition) is 4. The van der Waals surface area contributed by atoms with Gasteiger partial charge >= 0.3 is 0 Å². The molecule has 0 saturated carbocycles. The number of aliphatic hydroxyl groups is 1. The number of hydrogen-bond acceptors (Lipinski definition) is 3. The second-order valence-corrected chi connectivity index (χ2v) is 4.12. The largest absolute Gasteiger partial charge is 0.392 e. The second-order valence-electron chi connectivity index (χ2n) is 4.12. The van der Waals surface area contributed by atoms with Crippen LogP contribution in [0.15, 0.2) is 29.4 Å². The molecule has 0 aliphatic rings. The molecule has 4 N–H and O–H groups in total. The van der Waals surface area contributed by atoms with Crippen LogP contribution in [-0.4, -0.2) is 24.2 Å². The summed E-state index contributed by atoms with van der Waals surface area (Å²) in [6.45, 7) is 4.27. The van der Waals surface area contributed by atoms with Gasteiger partial charge in [0, 0.05) is 18.8 Å². The molecule has 0 amide bonds. The van der Waals surface area contributed by atoms with Crippen LogP contribution in [0.1, 0.15) is 25.8 Å². The third kappa shape index (κ3) is 4.63. The van der Waals surface area contributed by atoms with Gasteiger partial charge in [0.25, 0.3) is 0 Å². The zero-order valence-corrected chi connectivity index (χ0v) is 11.2. The number of anilines is 1. The lowest BCUT2D eigenvalue weighted by atomic mass is 10.2. The number of rotatable bonds is 5. The van der Waals surface area contributed by atoms with E-state index in [1.807, 2.05) is 24.3 Å². The summed E-state index contributed by atoms with van der Waals surface area (Å²) in [5.41, 5.74) is 4.58. The molecule has 0 spiro atoms. The number of aliphatic hydroxyl groups excluding tert-OH is 1. The predicted octanol–water partition coefficient (Wildman–Crippen LogP) is 1.47. The third-order valence-corrected chi connectivity index (χ3v) is 2.62. The minimum atomic E-state index is 0.0584. The lowest BCUT2D eigenvalue weighted by Crippen LogP contribution is -2.38. The van der Waals surface area contributed by atoms with Crippen LogP contribution >= 0.6 is 0 Å². The van der Waals surface area contributed by atoms with Crippen LogP contribution in [0.5, 0.6) is 0 Å². The maximum Gasteiger partial charge on any atom is 0.218 e. The van der Waals surface area contributed by atoms with Crippen molar-refractivity contribution in [3.63, 3.8) is 0 Å². The van der Waals surface area contributed by atoms with Crippen molar-refractivity contribution in [1.29, 1.82) is 0 Å². The summed E-state index contributed by atoms with van der Waals surface area (Å²) in [7, 11) is 1.76. The van der Waals surface area contributed by atoms with Crippen LogP contribution < -0.4 is 16.1 Å². The highest BCUT2D eigenvalue weighted by Crippen LogP contribution is 2.09. The molecule has 0 aromatic heterocycles. The van der Waals surface area contributed by atoms with E-state index in [-0.39, 0.29) is 6.61 Å². The van der Waals surface area contributed by atoms with Gasteiger partial charge in [-0.15, -0.1) is 5.10 Å². The zero-order valence-electron chi connectivity index (χ0n) is 11.2. The first-order valence-electron chi connectivity index (χ1n) is 6.17. The molecule has 0 fully saturated rings. The van der Waals surface area contributed by atoms with Crippen molar-refractivity contribution in [2.24, 2.45) is 5.10 Å². The molecule has 1 aromatic carbocycles. The first-order valence-corrected chi connectivity index (χ1v) is 6.17. The molecule has 1 atom stereocenters. The van der Waals surface area contributed by atoms with E-state index < -0.39 is 0 Å². The SMILES string of the molecule is CCC(C)N/C(=N\NC)Nc1ccc(CO)cc1. The van der Waals surface area contributed by atoms with Crippen LogP contribution in [0.3, 0.4) is 0 Å². The molecule has 0 saturated heterocycles. The first kappa shape index (κ1) is 14.3. The highest BCUT2D eigenvalue weighted by atomic mass is 16.3. The molecule has 1 rings (SSSR count). The Morgan fingerprint density at radius 2 is 2.00 bits per heavy atom. The van der Waals surface area contributed by atoms with Gasteiger partial charge < -0.3 is 21.2 Å². The lowest BCUT2D eigenvalue weighted by Gasteiger charge is -2.16. The lowest BCUT2D eigenvalue weighted by molar-refractivity contribution is 0.282. The average molecular weight is 250 g/mol. The van der Waals surface area contributed by atoms with Crippen molar-refractivity contribution >= 4 is 11.6 Å². The van der Waals surface area contributed by atoms with Crippen LogP contribution in [0.4, 0.5) is 5.69 Å². The summed E-state index contributed by atoms with van der Waals surface area (Å²) in [6, 6.07) is 7.93.